The molecule has 10 heteroatoms. The number of fused-ring (bicyclic) bond motifs is 2. The molecule has 0 saturated heterocycles. The van der Waals surface area contributed by atoms with Crippen LogP contribution in [0, 0.1) is 5.92 Å². The molecular weight excluding hydrogens is 461 g/mol. The van der Waals surface area contributed by atoms with Crippen molar-refractivity contribution in [2.24, 2.45) is 5.92 Å². The van der Waals surface area contributed by atoms with Gasteiger partial charge in [0, 0.05) is 49.9 Å². The van der Waals surface area contributed by atoms with E-state index in [4.69, 9.17) is 9.53 Å². The summed E-state index contributed by atoms with van der Waals surface area (Å²) < 4.78 is 37.3. The highest BCUT2D eigenvalue weighted by molar-refractivity contribution is 5.91. The molecule has 1 aromatic heterocycles. The van der Waals surface area contributed by atoms with Gasteiger partial charge in [0.1, 0.15) is 17.7 Å². The van der Waals surface area contributed by atoms with E-state index in [-0.39, 0.29) is 17.9 Å². The molecule has 1 amide bonds. The number of anilines is 1. The Balaban J connectivity index is 0.000000509. The Morgan fingerprint density at radius 3 is 2.71 bits per heavy atom. The number of carbonyl (C=O) groups excluding carboxylic acids is 2. The number of hydrogen-bond acceptors (Lipinski definition) is 6. The number of aromatic nitrogens is 1. The van der Waals surface area contributed by atoms with Crippen LogP contribution in [0.2, 0.25) is 0 Å². The lowest BCUT2D eigenvalue weighted by atomic mass is 9.92. The second-order valence-corrected chi connectivity index (χ2v) is 8.61. The SMILES string of the molecule is CC1=C(CN(C)C(=O)/C=C/c2cnc3c(c2)CN[C@@H](C)CN3)OC2C=CC=CC12.O=CC(F)(F)F. The molecule has 0 aromatic carbocycles. The number of pyridine rings is 1. The molecule has 0 saturated carbocycles. The molecule has 0 fully saturated rings. The number of allylic oxidation sites excluding steroid dienone is 2. The van der Waals surface area contributed by atoms with Crippen molar-refractivity contribution in [1.82, 2.24) is 15.2 Å². The number of nitrogens with zero attached hydrogens (tertiary/aromatic N) is 2. The number of likely N-dealkylation sites (N-methyl/N-ethyl adjacent to an activating group) is 1. The fraction of sp³-hybridized carbons (Fsp3) is 0.400. The predicted octanol–water partition coefficient (Wildman–Crippen LogP) is 3.62. The quantitative estimate of drug-likeness (QED) is 0.496. The zero-order valence-corrected chi connectivity index (χ0v) is 19.8. The van der Waals surface area contributed by atoms with Gasteiger partial charge < -0.3 is 20.3 Å². The van der Waals surface area contributed by atoms with E-state index < -0.39 is 12.5 Å². The maximum atomic E-state index is 12.6. The van der Waals surface area contributed by atoms with Crippen LogP contribution in [0.15, 0.2) is 54.0 Å². The van der Waals surface area contributed by atoms with Gasteiger partial charge in [-0.1, -0.05) is 18.2 Å². The van der Waals surface area contributed by atoms with Crippen LogP contribution in [-0.2, 0) is 20.9 Å². The fourth-order valence-electron chi connectivity index (χ4n) is 3.80. The average Bonchev–Trinajstić information content (AvgIpc) is 3.02. The van der Waals surface area contributed by atoms with Crippen LogP contribution in [0.4, 0.5) is 19.0 Å². The Bertz CT molecular complexity index is 1060. The fourth-order valence-corrected chi connectivity index (χ4v) is 3.80. The van der Waals surface area contributed by atoms with Gasteiger partial charge in [-0.05, 0) is 43.2 Å². The minimum Gasteiger partial charge on any atom is -0.488 e. The molecule has 3 atom stereocenters. The van der Waals surface area contributed by atoms with Gasteiger partial charge in [-0.3, -0.25) is 9.59 Å². The predicted molar refractivity (Wildman–Crippen MR) is 127 cm³/mol. The first-order valence-electron chi connectivity index (χ1n) is 11.2. The van der Waals surface area contributed by atoms with Crippen molar-refractivity contribution in [1.29, 1.82) is 0 Å². The summed E-state index contributed by atoms with van der Waals surface area (Å²) in [6.45, 7) is 6.31. The summed E-state index contributed by atoms with van der Waals surface area (Å²) in [5.41, 5.74) is 3.22. The number of alkyl halides is 3. The van der Waals surface area contributed by atoms with Crippen molar-refractivity contribution in [2.75, 3.05) is 25.5 Å². The molecular formula is C25H29F3N4O3. The van der Waals surface area contributed by atoms with E-state index >= 15 is 0 Å². The molecule has 4 rings (SSSR count). The smallest absolute Gasteiger partial charge is 0.446 e. The van der Waals surface area contributed by atoms with E-state index in [1.54, 1.807) is 24.2 Å². The lowest BCUT2D eigenvalue weighted by molar-refractivity contribution is -0.156. The van der Waals surface area contributed by atoms with Gasteiger partial charge in [-0.25, -0.2) is 4.98 Å². The molecule has 0 spiro atoms. The summed E-state index contributed by atoms with van der Waals surface area (Å²) in [7, 11) is 1.80. The first-order valence-corrected chi connectivity index (χ1v) is 11.2. The Hall–Kier alpha value is -3.40. The summed E-state index contributed by atoms with van der Waals surface area (Å²) in [5.74, 6) is 2.02. The van der Waals surface area contributed by atoms with E-state index in [9.17, 15) is 18.0 Å². The first-order chi connectivity index (χ1) is 16.6. The summed E-state index contributed by atoms with van der Waals surface area (Å²) in [6, 6.07) is 2.46. The van der Waals surface area contributed by atoms with Crippen molar-refractivity contribution < 1.29 is 27.5 Å². The summed E-state index contributed by atoms with van der Waals surface area (Å²) in [5, 5.41) is 6.80. The number of ether oxygens (including phenoxy) is 1. The summed E-state index contributed by atoms with van der Waals surface area (Å²) >= 11 is 0. The molecule has 1 aliphatic carbocycles. The topological polar surface area (TPSA) is 83.6 Å². The second-order valence-electron chi connectivity index (χ2n) is 8.61. The molecule has 0 radical (unpaired) electrons. The zero-order chi connectivity index (χ0) is 25.6. The maximum absolute atomic E-state index is 12.6. The van der Waals surface area contributed by atoms with Crippen LogP contribution in [-0.4, -0.2) is 60.5 Å². The largest absolute Gasteiger partial charge is 0.488 e. The van der Waals surface area contributed by atoms with Crippen LogP contribution in [0.5, 0.6) is 0 Å². The van der Waals surface area contributed by atoms with Crippen LogP contribution >= 0.6 is 0 Å². The van der Waals surface area contributed by atoms with Gasteiger partial charge in [0.2, 0.25) is 12.2 Å². The number of aldehydes is 1. The number of amides is 1. The third kappa shape index (κ3) is 7.29. The zero-order valence-electron chi connectivity index (χ0n) is 19.8. The van der Waals surface area contributed by atoms with Crippen LogP contribution in [0.3, 0.4) is 0 Å². The van der Waals surface area contributed by atoms with Crippen LogP contribution in [0.25, 0.3) is 6.08 Å². The van der Waals surface area contributed by atoms with E-state index in [1.165, 1.54) is 5.57 Å². The molecule has 0 bridgehead atoms. The van der Waals surface area contributed by atoms with E-state index in [0.717, 1.165) is 35.8 Å². The lowest BCUT2D eigenvalue weighted by Crippen LogP contribution is -2.29. The van der Waals surface area contributed by atoms with Crippen molar-refractivity contribution in [3.8, 4) is 0 Å². The minimum absolute atomic E-state index is 0.0598. The average molecular weight is 491 g/mol. The first kappa shape index (κ1) is 26.2. The van der Waals surface area contributed by atoms with Gasteiger partial charge in [0.15, 0.2) is 0 Å². The van der Waals surface area contributed by atoms with Crippen molar-refractivity contribution in [3.05, 3.63) is 65.1 Å². The van der Waals surface area contributed by atoms with Crippen LogP contribution in [0.1, 0.15) is 25.0 Å². The van der Waals surface area contributed by atoms with E-state index in [0.29, 0.717) is 12.6 Å². The van der Waals surface area contributed by atoms with Crippen molar-refractivity contribution in [2.45, 2.75) is 38.7 Å². The monoisotopic (exact) mass is 490 g/mol. The van der Waals surface area contributed by atoms with Crippen molar-refractivity contribution >= 4 is 24.1 Å². The standard InChI is InChI=1S/C23H28N4O2.C2HF3O/c1-15-11-25-23-18(13-24-15)10-17(12-26-23)8-9-22(28)27(3)14-21-16(2)19-6-4-5-7-20(19)29-21;3-2(4,5)1-6/h4-10,12,15,19-20,24H,11,13-14H2,1-3H3,(H,25,26);1H/b9-8+;/t15-,19?,20?;/m0./s1. The third-order valence-electron chi connectivity index (χ3n) is 5.82. The van der Waals surface area contributed by atoms with Gasteiger partial charge in [-0.2, -0.15) is 13.2 Å². The van der Waals surface area contributed by atoms with Crippen molar-refractivity contribution in [3.63, 3.8) is 0 Å². The number of nitrogens with one attached hydrogen (secondary N) is 2. The second kappa shape index (κ2) is 11.4. The highest BCUT2D eigenvalue weighted by Crippen LogP contribution is 2.34. The normalized spacial score (nSPS) is 22.9. The Kier molecular flexibility index (Phi) is 8.50. The van der Waals surface area contributed by atoms with Gasteiger partial charge >= 0.3 is 6.18 Å². The number of halogens is 3. The summed E-state index contributed by atoms with van der Waals surface area (Å²) in [6.07, 6.45) is 7.86. The molecule has 1 aromatic rings. The lowest BCUT2D eigenvalue weighted by Gasteiger charge is -2.18. The molecule has 2 N–H and O–H groups in total. The third-order valence-corrected chi connectivity index (χ3v) is 5.82. The number of rotatable bonds is 4. The number of carbonyl (C=O) groups is 2. The minimum atomic E-state index is -4.64. The van der Waals surface area contributed by atoms with Gasteiger partial charge in [-0.15, -0.1) is 0 Å². The molecule has 35 heavy (non-hydrogen) atoms. The Labute approximate surface area is 202 Å². The van der Waals surface area contributed by atoms with E-state index in [2.05, 4.69) is 53.8 Å². The molecule has 7 nitrogen and oxygen atoms in total. The van der Waals surface area contributed by atoms with Crippen LogP contribution < -0.4 is 10.6 Å². The Morgan fingerprint density at radius 2 is 2.03 bits per heavy atom. The molecule has 2 aliphatic heterocycles. The molecule has 3 aliphatic rings. The molecule has 188 valence electrons. The van der Waals surface area contributed by atoms with Gasteiger partial charge in [0.05, 0.1) is 6.54 Å². The van der Waals surface area contributed by atoms with Gasteiger partial charge in [0.25, 0.3) is 0 Å². The highest BCUT2D eigenvalue weighted by atomic mass is 19.4. The van der Waals surface area contributed by atoms with E-state index in [1.807, 2.05) is 12.2 Å². The number of hydrogen-bond donors (Lipinski definition) is 2. The molecule has 3 heterocycles. The Morgan fingerprint density at radius 1 is 1.31 bits per heavy atom. The highest BCUT2D eigenvalue weighted by Gasteiger charge is 2.32. The molecule has 2 unspecified atom stereocenters. The maximum Gasteiger partial charge on any atom is 0.446 e. The summed E-state index contributed by atoms with van der Waals surface area (Å²) in [4.78, 5) is 27.5.